The lowest BCUT2D eigenvalue weighted by atomic mass is 9.85. The van der Waals surface area contributed by atoms with Gasteiger partial charge >= 0.3 is 0 Å². The normalized spacial score (nSPS) is 46.6. The van der Waals surface area contributed by atoms with E-state index in [2.05, 4.69) is 18.7 Å². The molecule has 2 aliphatic carbocycles. The Balaban J connectivity index is 1.75. The Morgan fingerprint density at radius 2 is 1.81 bits per heavy atom. The molecule has 0 aromatic carbocycles. The molecule has 1 saturated heterocycles. The van der Waals surface area contributed by atoms with Gasteiger partial charge in [-0.15, -0.1) is 0 Å². The molecule has 1 aliphatic heterocycles. The van der Waals surface area contributed by atoms with Crippen molar-refractivity contribution >= 4 is 5.91 Å². The van der Waals surface area contributed by atoms with Crippen molar-refractivity contribution in [2.45, 2.75) is 64.5 Å². The lowest BCUT2D eigenvalue weighted by molar-refractivity contribution is -0.136. The van der Waals surface area contributed by atoms with Crippen LogP contribution in [0.3, 0.4) is 0 Å². The molecule has 1 heterocycles. The number of carbonyl (C=O) groups excluding carboxylic acids is 1. The number of carbonyl (C=O) groups is 1. The van der Waals surface area contributed by atoms with Crippen molar-refractivity contribution in [3.63, 3.8) is 0 Å². The van der Waals surface area contributed by atoms with Crippen LogP contribution in [0.5, 0.6) is 0 Å². The van der Waals surface area contributed by atoms with Gasteiger partial charge in [-0.1, -0.05) is 19.8 Å². The van der Waals surface area contributed by atoms with Gasteiger partial charge in [-0.05, 0) is 44.4 Å². The zero-order valence-corrected chi connectivity index (χ0v) is 10.5. The monoisotopic (exact) mass is 221 g/mol. The number of nitrogens with zero attached hydrogens (tertiary/aromatic N) is 1. The van der Waals surface area contributed by atoms with E-state index >= 15 is 0 Å². The van der Waals surface area contributed by atoms with Crippen LogP contribution in [0.15, 0.2) is 0 Å². The Kier molecular flexibility index (Phi) is 2.49. The van der Waals surface area contributed by atoms with Gasteiger partial charge in [-0.3, -0.25) is 4.79 Å². The molecule has 5 atom stereocenters. The Morgan fingerprint density at radius 3 is 2.50 bits per heavy atom. The summed E-state index contributed by atoms with van der Waals surface area (Å²) in [6.07, 6.45) is 7.74. The topological polar surface area (TPSA) is 20.3 Å². The van der Waals surface area contributed by atoms with Gasteiger partial charge in [0.25, 0.3) is 0 Å². The summed E-state index contributed by atoms with van der Waals surface area (Å²) in [6, 6.07) is 1.11. The minimum Gasteiger partial charge on any atom is -0.336 e. The first-order valence-corrected chi connectivity index (χ1v) is 7.00. The molecule has 0 spiro atoms. The largest absolute Gasteiger partial charge is 0.336 e. The molecule has 2 heteroatoms. The van der Waals surface area contributed by atoms with Gasteiger partial charge < -0.3 is 4.90 Å². The summed E-state index contributed by atoms with van der Waals surface area (Å²) in [7, 11) is 0. The van der Waals surface area contributed by atoms with Gasteiger partial charge in [0.15, 0.2) is 0 Å². The molecule has 3 fully saturated rings. The van der Waals surface area contributed by atoms with Crippen molar-refractivity contribution in [1.82, 2.24) is 4.90 Å². The van der Waals surface area contributed by atoms with Gasteiger partial charge in [0, 0.05) is 18.0 Å². The maximum atomic E-state index is 12.4. The summed E-state index contributed by atoms with van der Waals surface area (Å²) in [5.41, 5.74) is 0. The average molecular weight is 221 g/mol. The first-order valence-electron chi connectivity index (χ1n) is 7.00. The van der Waals surface area contributed by atoms with Crippen LogP contribution in [-0.2, 0) is 4.79 Å². The minimum absolute atomic E-state index is 0.378. The number of likely N-dealkylation sites (tertiary alicyclic amines) is 1. The first-order chi connectivity index (χ1) is 7.68. The van der Waals surface area contributed by atoms with Crippen molar-refractivity contribution < 1.29 is 4.79 Å². The molecule has 0 aromatic rings. The molecule has 3 rings (SSSR count). The number of amides is 1. The van der Waals surface area contributed by atoms with Crippen LogP contribution in [0.25, 0.3) is 0 Å². The zero-order valence-electron chi connectivity index (χ0n) is 10.5. The standard InChI is InChI=1S/C14H23NO/c1-9-7-12(9)14(16)15-10(2)8-11-5-3-4-6-13(11)15/h9-13H,3-8H2,1-2H3/t9-,10-,11+,12+,13+/m1/s1. The molecule has 2 nitrogen and oxygen atoms in total. The zero-order chi connectivity index (χ0) is 11.3. The number of hydrogen-bond donors (Lipinski definition) is 0. The lowest BCUT2D eigenvalue weighted by Crippen LogP contribution is -2.43. The van der Waals surface area contributed by atoms with Crippen LogP contribution in [0.4, 0.5) is 0 Å². The molecule has 0 bridgehead atoms. The second-order valence-electron chi connectivity index (χ2n) is 6.26. The highest BCUT2D eigenvalue weighted by molar-refractivity contribution is 5.82. The third-order valence-corrected chi connectivity index (χ3v) is 5.03. The summed E-state index contributed by atoms with van der Waals surface area (Å²) >= 11 is 0. The second kappa shape index (κ2) is 3.75. The number of rotatable bonds is 1. The Morgan fingerprint density at radius 1 is 1.12 bits per heavy atom. The molecule has 0 unspecified atom stereocenters. The predicted molar refractivity (Wildman–Crippen MR) is 63.9 cm³/mol. The van der Waals surface area contributed by atoms with E-state index in [1.165, 1.54) is 32.1 Å². The molecular formula is C14H23NO. The van der Waals surface area contributed by atoms with E-state index in [0.717, 1.165) is 12.3 Å². The summed E-state index contributed by atoms with van der Waals surface area (Å²) in [5.74, 6) is 2.33. The van der Waals surface area contributed by atoms with Crippen LogP contribution in [0.1, 0.15) is 52.4 Å². The van der Waals surface area contributed by atoms with E-state index in [9.17, 15) is 4.79 Å². The van der Waals surface area contributed by atoms with Crippen LogP contribution in [0.2, 0.25) is 0 Å². The number of hydrogen-bond acceptors (Lipinski definition) is 1. The fourth-order valence-corrected chi connectivity index (χ4v) is 3.95. The summed E-state index contributed by atoms with van der Waals surface area (Å²) < 4.78 is 0. The first kappa shape index (κ1) is 10.6. The molecule has 0 aromatic heterocycles. The third kappa shape index (κ3) is 1.57. The van der Waals surface area contributed by atoms with Gasteiger partial charge in [0.2, 0.25) is 5.91 Å². The van der Waals surface area contributed by atoms with E-state index in [1.807, 2.05) is 0 Å². The number of fused-ring (bicyclic) bond motifs is 1. The molecule has 0 N–H and O–H groups in total. The van der Waals surface area contributed by atoms with E-state index in [-0.39, 0.29) is 0 Å². The lowest BCUT2D eigenvalue weighted by Gasteiger charge is -2.33. The van der Waals surface area contributed by atoms with Crippen LogP contribution in [-0.4, -0.2) is 22.9 Å². The fraction of sp³-hybridized carbons (Fsp3) is 0.929. The van der Waals surface area contributed by atoms with E-state index in [1.54, 1.807) is 0 Å². The highest BCUT2D eigenvalue weighted by Gasteiger charge is 2.49. The quantitative estimate of drug-likeness (QED) is 0.666. The van der Waals surface area contributed by atoms with Crippen molar-refractivity contribution in [2.75, 3.05) is 0 Å². The fourth-order valence-electron chi connectivity index (χ4n) is 3.95. The second-order valence-corrected chi connectivity index (χ2v) is 6.26. The summed E-state index contributed by atoms with van der Waals surface area (Å²) in [5, 5.41) is 0. The highest BCUT2D eigenvalue weighted by Crippen LogP contribution is 2.45. The maximum absolute atomic E-state index is 12.4. The Hall–Kier alpha value is -0.530. The third-order valence-electron chi connectivity index (χ3n) is 5.03. The van der Waals surface area contributed by atoms with E-state index in [4.69, 9.17) is 0 Å². The van der Waals surface area contributed by atoms with Crippen molar-refractivity contribution in [1.29, 1.82) is 0 Å². The summed E-state index contributed by atoms with van der Waals surface area (Å²) in [6.45, 7) is 4.46. The molecule has 1 amide bonds. The average Bonchev–Trinajstić information content (AvgIpc) is 2.89. The smallest absolute Gasteiger partial charge is 0.226 e. The van der Waals surface area contributed by atoms with E-state index in [0.29, 0.717) is 29.8 Å². The Bertz CT molecular complexity index is 301. The van der Waals surface area contributed by atoms with Crippen molar-refractivity contribution in [3.05, 3.63) is 0 Å². The van der Waals surface area contributed by atoms with Gasteiger partial charge in [0.05, 0.1) is 0 Å². The van der Waals surface area contributed by atoms with Crippen molar-refractivity contribution in [3.8, 4) is 0 Å². The minimum atomic E-state index is 0.378. The molecule has 90 valence electrons. The Labute approximate surface area is 98.4 Å². The molecular weight excluding hydrogens is 198 g/mol. The highest BCUT2D eigenvalue weighted by atomic mass is 16.2. The molecule has 2 saturated carbocycles. The molecule has 16 heavy (non-hydrogen) atoms. The SMILES string of the molecule is C[C@@H]1C[C@@H]1C(=O)N1[C@H](C)C[C@@H]2CCCC[C@@H]21. The maximum Gasteiger partial charge on any atom is 0.226 e. The van der Waals surface area contributed by atoms with Gasteiger partial charge in [-0.2, -0.15) is 0 Å². The van der Waals surface area contributed by atoms with Gasteiger partial charge in [-0.25, -0.2) is 0 Å². The van der Waals surface area contributed by atoms with Crippen molar-refractivity contribution in [2.24, 2.45) is 17.8 Å². The van der Waals surface area contributed by atoms with Gasteiger partial charge in [0.1, 0.15) is 0 Å². The van der Waals surface area contributed by atoms with Crippen LogP contribution in [0, 0.1) is 17.8 Å². The van der Waals surface area contributed by atoms with Crippen LogP contribution >= 0.6 is 0 Å². The van der Waals surface area contributed by atoms with Crippen LogP contribution < -0.4 is 0 Å². The van der Waals surface area contributed by atoms with E-state index < -0.39 is 0 Å². The molecule has 3 aliphatic rings. The summed E-state index contributed by atoms with van der Waals surface area (Å²) in [4.78, 5) is 14.7. The molecule has 0 radical (unpaired) electrons. The predicted octanol–water partition coefficient (Wildman–Crippen LogP) is 2.82.